The van der Waals surface area contributed by atoms with Crippen LogP contribution in [0.25, 0.3) is 0 Å². The fraction of sp³-hybridized carbons (Fsp3) is 0.308. The average Bonchev–Trinajstić information content (AvgIpc) is 2.82. The monoisotopic (exact) mass is 329 g/mol. The van der Waals surface area contributed by atoms with Gasteiger partial charge in [-0.2, -0.15) is 0 Å². The van der Waals surface area contributed by atoms with Gasteiger partial charge in [0.15, 0.2) is 5.13 Å². The second kappa shape index (κ2) is 6.50. The molecule has 0 atom stereocenters. The SMILES string of the molecule is CCNCc1ccc(F)c(S(=O)(=O)Nc2nc(C)cs2)c1. The molecule has 0 saturated heterocycles. The van der Waals surface area contributed by atoms with Gasteiger partial charge >= 0.3 is 0 Å². The Balaban J connectivity index is 2.30. The maximum Gasteiger partial charge on any atom is 0.266 e. The molecule has 1 heterocycles. The molecule has 0 radical (unpaired) electrons. The highest BCUT2D eigenvalue weighted by Gasteiger charge is 2.21. The van der Waals surface area contributed by atoms with Crippen molar-refractivity contribution in [2.45, 2.75) is 25.3 Å². The maximum atomic E-state index is 13.8. The van der Waals surface area contributed by atoms with E-state index in [0.717, 1.165) is 23.9 Å². The van der Waals surface area contributed by atoms with Gasteiger partial charge in [0, 0.05) is 11.9 Å². The highest BCUT2D eigenvalue weighted by molar-refractivity contribution is 7.93. The molecule has 5 nitrogen and oxygen atoms in total. The van der Waals surface area contributed by atoms with Gasteiger partial charge in [0.25, 0.3) is 10.0 Å². The number of sulfonamides is 1. The Labute approximate surface area is 127 Å². The Morgan fingerprint density at radius 2 is 2.14 bits per heavy atom. The minimum absolute atomic E-state index is 0.226. The van der Waals surface area contributed by atoms with E-state index in [1.807, 2.05) is 6.92 Å². The van der Waals surface area contributed by atoms with Crippen molar-refractivity contribution in [3.05, 3.63) is 40.7 Å². The van der Waals surface area contributed by atoms with Crippen LogP contribution < -0.4 is 10.0 Å². The van der Waals surface area contributed by atoms with Gasteiger partial charge in [0.05, 0.1) is 5.69 Å². The Kier molecular flexibility index (Phi) is 4.92. The second-order valence-corrected chi connectivity index (χ2v) is 6.95. The summed E-state index contributed by atoms with van der Waals surface area (Å²) in [5, 5.41) is 5.01. The van der Waals surface area contributed by atoms with Gasteiger partial charge in [-0.15, -0.1) is 11.3 Å². The predicted molar refractivity (Wildman–Crippen MR) is 81.4 cm³/mol. The van der Waals surface area contributed by atoms with Crippen molar-refractivity contribution in [2.24, 2.45) is 0 Å². The third-order valence-corrected chi connectivity index (χ3v) is 5.06. The van der Waals surface area contributed by atoms with Crippen LogP contribution in [0.3, 0.4) is 0 Å². The third kappa shape index (κ3) is 3.99. The van der Waals surface area contributed by atoms with Gasteiger partial charge in [0.1, 0.15) is 10.7 Å². The van der Waals surface area contributed by atoms with Gasteiger partial charge in [0.2, 0.25) is 0 Å². The zero-order chi connectivity index (χ0) is 15.5. The number of nitrogens with zero attached hydrogens (tertiary/aromatic N) is 1. The topological polar surface area (TPSA) is 71.1 Å². The van der Waals surface area contributed by atoms with Gasteiger partial charge < -0.3 is 5.32 Å². The summed E-state index contributed by atoms with van der Waals surface area (Å²) in [6.07, 6.45) is 0. The number of aryl methyl sites for hydroxylation is 1. The number of aromatic nitrogens is 1. The first-order chi connectivity index (χ1) is 9.92. The van der Waals surface area contributed by atoms with E-state index in [1.165, 1.54) is 6.07 Å². The summed E-state index contributed by atoms with van der Waals surface area (Å²) in [6, 6.07) is 4.06. The standard InChI is InChI=1S/C13H16FN3O2S2/c1-3-15-7-10-4-5-11(14)12(6-10)21(18,19)17-13-16-9(2)8-20-13/h4-6,8,15H,3,7H2,1-2H3,(H,16,17). The molecule has 0 aliphatic carbocycles. The number of halogens is 1. The molecule has 2 rings (SSSR count). The number of benzene rings is 1. The Morgan fingerprint density at radius 1 is 1.38 bits per heavy atom. The number of nitrogens with one attached hydrogen (secondary N) is 2. The van der Waals surface area contributed by atoms with Crippen molar-refractivity contribution in [1.29, 1.82) is 0 Å². The molecule has 1 aromatic carbocycles. The number of thiazole rings is 1. The van der Waals surface area contributed by atoms with E-state index in [9.17, 15) is 12.8 Å². The van der Waals surface area contributed by atoms with Crippen molar-refractivity contribution < 1.29 is 12.8 Å². The zero-order valence-corrected chi connectivity index (χ0v) is 13.3. The molecule has 0 amide bonds. The lowest BCUT2D eigenvalue weighted by atomic mass is 10.2. The molecule has 2 aromatic rings. The van der Waals surface area contributed by atoms with Crippen molar-refractivity contribution in [1.82, 2.24) is 10.3 Å². The van der Waals surface area contributed by atoms with E-state index >= 15 is 0 Å². The van der Waals surface area contributed by atoms with Gasteiger partial charge in [-0.1, -0.05) is 13.0 Å². The Hall–Kier alpha value is -1.51. The first-order valence-corrected chi connectivity index (χ1v) is 8.72. The molecule has 0 spiro atoms. The average molecular weight is 329 g/mol. The fourth-order valence-electron chi connectivity index (χ4n) is 1.70. The molecule has 0 fully saturated rings. The molecule has 0 unspecified atom stereocenters. The molecule has 114 valence electrons. The largest absolute Gasteiger partial charge is 0.313 e. The van der Waals surface area contributed by atoms with Crippen LogP contribution in [-0.2, 0) is 16.6 Å². The van der Waals surface area contributed by atoms with Crippen molar-refractivity contribution in [3.8, 4) is 0 Å². The van der Waals surface area contributed by atoms with Crippen LogP contribution in [0, 0.1) is 12.7 Å². The lowest BCUT2D eigenvalue weighted by Crippen LogP contribution is -2.16. The molecular weight excluding hydrogens is 313 g/mol. The van der Waals surface area contributed by atoms with Crippen LogP contribution in [0.5, 0.6) is 0 Å². The molecule has 0 aliphatic heterocycles. The predicted octanol–water partition coefficient (Wildman–Crippen LogP) is 2.50. The number of anilines is 1. The van der Waals surface area contributed by atoms with Crippen molar-refractivity contribution >= 4 is 26.5 Å². The number of rotatable bonds is 6. The molecule has 1 aromatic heterocycles. The summed E-state index contributed by atoms with van der Waals surface area (Å²) in [4.78, 5) is 3.65. The minimum Gasteiger partial charge on any atom is -0.313 e. The van der Waals surface area contributed by atoms with Crippen LogP contribution in [0.4, 0.5) is 9.52 Å². The summed E-state index contributed by atoms with van der Waals surface area (Å²) in [5.74, 6) is -0.781. The van der Waals surface area contributed by atoms with Crippen molar-refractivity contribution in [2.75, 3.05) is 11.3 Å². The highest BCUT2D eigenvalue weighted by Crippen LogP contribution is 2.22. The van der Waals surface area contributed by atoms with Crippen molar-refractivity contribution in [3.63, 3.8) is 0 Å². The first-order valence-electron chi connectivity index (χ1n) is 6.36. The normalized spacial score (nSPS) is 11.6. The summed E-state index contributed by atoms with van der Waals surface area (Å²) in [5.41, 5.74) is 1.41. The summed E-state index contributed by atoms with van der Waals surface area (Å²) in [7, 11) is -3.98. The highest BCUT2D eigenvalue weighted by atomic mass is 32.2. The minimum atomic E-state index is -3.98. The molecule has 2 N–H and O–H groups in total. The Bertz CT molecular complexity index is 729. The second-order valence-electron chi connectivity index (χ2n) is 4.44. The van der Waals surface area contributed by atoms with E-state index in [1.54, 1.807) is 18.4 Å². The van der Waals surface area contributed by atoms with E-state index in [4.69, 9.17) is 0 Å². The quantitative estimate of drug-likeness (QED) is 0.854. The van der Waals surface area contributed by atoms with Gasteiger partial charge in [-0.05, 0) is 31.2 Å². The number of hydrogen-bond donors (Lipinski definition) is 2. The summed E-state index contributed by atoms with van der Waals surface area (Å²) < 4.78 is 40.6. The third-order valence-electron chi connectivity index (χ3n) is 2.70. The fourth-order valence-corrected chi connectivity index (χ4v) is 3.77. The first kappa shape index (κ1) is 15.9. The Morgan fingerprint density at radius 3 is 2.76 bits per heavy atom. The van der Waals surface area contributed by atoms with E-state index < -0.39 is 15.8 Å². The van der Waals surface area contributed by atoms with Crippen LogP contribution in [0.1, 0.15) is 18.2 Å². The van der Waals surface area contributed by atoms with E-state index in [-0.39, 0.29) is 10.0 Å². The van der Waals surface area contributed by atoms with Gasteiger partial charge in [-0.3, -0.25) is 4.72 Å². The van der Waals surface area contributed by atoms with Crippen LogP contribution >= 0.6 is 11.3 Å². The molecule has 0 bridgehead atoms. The molecule has 0 aliphatic rings. The zero-order valence-electron chi connectivity index (χ0n) is 11.7. The van der Waals surface area contributed by atoms with Crippen LogP contribution in [0.15, 0.2) is 28.5 Å². The maximum absolute atomic E-state index is 13.8. The summed E-state index contributed by atoms with van der Waals surface area (Å²) >= 11 is 1.16. The van der Waals surface area contributed by atoms with E-state index in [2.05, 4.69) is 15.0 Å². The number of hydrogen-bond acceptors (Lipinski definition) is 5. The van der Waals surface area contributed by atoms with Crippen LogP contribution in [-0.4, -0.2) is 19.9 Å². The molecule has 0 saturated carbocycles. The molecule has 8 heteroatoms. The molecular formula is C13H16FN3O2S2. The van der Waals surface area contributed by atoms with Gasteiger partial charge in [-0.25, -0.2) is 17.8 Å². The smallest absolute Gasteiger partial charge is 0.266 e. The summed E-state index contributed by atoms with van der Waals surface area (Å²) in [6.45, 7) is 4.92. The van der Waals surface area contributed by atoms with Crippen LogP contribution in [0.2, 0.25) is 0 Å². The lowest BCUT2D eigenvalue weighted by Gasteiger charge is -2.09. The van der Waals surface area contributed by atoms with E-state index in [0.29, 0.717) is 17.8 Å². The molecule has 21 heavy (non-hydrogen) atoms. The lowest BCUT2D eigenvalue weighted by molar-refractivity contribution is 0.568.